The maximum atomic E-state index is 11.5. The van der Waals surface area contributed by atoms with E-state index in [4.69, 9.17) is 14.2 Å². The van der Waals surface area contributed by atoms with Crippen molar-refractivity contribution in [2.24, 2.45) is 0 Å². The van der Waals surface area contributed by atoms with Gasteiger partial charge in [0.1, 0.15) is 12.7 Å². The zero-order chi connectivity index (χ0) is 12.3. The molecule has 0 bridgehead atoms. The van der Waals surface area contributed by atoms with E-state index in [1.165, 1.54) is 0 Å². The second kappa shape index (κ2) is 5.49. The largest absolute Gasteiger partial charge is 0.460 e. The first-order valence-corrected chi connectivity index (χ1v) is 6.16. The minimum atomic E-state index is -0.746. The van der Waals surface area contributed by atoms with Crippen LogP contribution in [0, 0.1) is 0 Å². The molecule has 1 aliphatic heterocycles. The molecule has 1 saturated carbocycles. The van der Waals surface area contributed by atoms with Crippen LogP contribution in [-0.2, 0) is 23.8 Å². The third-order valence-corrected chi connectivity index (χ3v) is 3.14. The highest BCUT2D eigenvalue weighted by atomic mass is 16.6. The predicted molar refractivity (Wildman–Crippen MR) is 58.3 cm³/mol. The Labute approximate surface area is 100 Å². The minimum Gasteiger partial charge on any atom is -0.460 e. The maximum absolute atomic E-state index is 11.5. The van der Waals surface area contributed by atoms with E-state index in [9.17, 15) is 9.59 Å². The van der Waals surface area contributed by atoms with Gasteiger partial charge in [-0.2, -0.15) is 0 Å². The molecule has 2 rings (SSSR count). The van der Waals surface area contributed by atoms with Crippen LogP contribution in [0.2, 0.25) is 0 Å². The molecule has 1 saturated heterocycles. The van der Waals surface area contributed by atoms with Gasteiger partial charge in [-0.3, -0.25) is 0 Å². The third-order valence-electron chi connectivity index (χ3n) is 3.14. The van der Waals surface area contributed by atoms with Crippen molar-refractivity contribution in [3.63, 3.8) is 0 Å². The Morgan fingerprint density at radius 3 is 2.71 bits per heavy atom. The Kier molecular flexibility index (Phi) is 3.99. The first-order valence-electron chi connectivity index (χ1n) is 6.16. The van der Waals surface area contributed by atoms with Gasteiger partial charge in [0, 0.05) is 6.42 Å². The van der Waals surface area contributed by atoms with Crippen molar-refractivity contribution in [2.75, 3.05) is 6.61 Å². The number of carbonyl (C=O) groups is 2. The topological polar surface area (TPSA) is 61.8 Å². The van der Waals surface area contributed by atoms with Crippen molar-refractivity contribution in [3.05, 3.63) is 0 Å². The lowest BCUT2D eigenvalue weighted by atomic mass is 10.2. The summed E-state index contributed by atoms with van der Waals surface area (Å²) in [6.07, 6.45) is 4.04. The molecule has 2 atom stereocenters. The van der Waals surface area contributed by atoms with E-state index in [2.05, 4.69) is 0 Å². The summed E-state index contributed by atoms with van der Waals surface area (Å²) in [5.41, 5.74) is 0. The van der Waals surface area contributed by atoms with Crippen molar-refractivity contribution in [1.29, 1.82) is 0 Å². The molecular formula is C12H18O5. The Morgan fingerprint density at radius 2 is 2.12 bits per heavy atom. The highest BCUT2D eigenvalue weighted by molar-refractivity contribution is 5.81. The molecular weight excluding hydrogens is 224 g/mol. The van der Waals surface area contributed by atoms with Crippen LogP contribution in [0.25, 0.3) is 0 Å². The molecule has 5 nitrogen and oxygen atoms in total. The number of hydrogen-bond acceptors (Lipinski definition) is 5. The van der Waals surface area contributed by atoms with E-state index in [0.29, 0.717) is 6.42 Å². The summed E-state index contributed by atoms with van der Waals surface area (Å²) in [7, 11) is 0. The van der Waals surface area contributed by atoms with Crippen LogP contribution < -0.4 is 0 Å². The van der Waals surface area contributed by atoms with Crippen molar-refractivity contribution in [2.45, 2.75) is 57.3 Å². The summed E-state index contributed by atoms with van der Waals surface area (Å²) in [6, 6.07) is 0. The van der Waals surface area contributed by atoms with Gasteiger partial charge in [0.15, 0.2) is 0 Å². The highest BCUT2D eigenvalue weighted by Gasteiger charge is 2.35. The first-order chi connectivity index (χ1) is 8.15. The van der Waals surface area contributed by atoms with Crippen LogP contribution >= 0.6 is 0 Å². The third kappa shape index (κ3) is 3.43. The fourth-order valence-corrected chi connectivity index (χ4v) is 2.25. The summed E-state index contributed by atoms with van der Waals surface area (Å²) < 4.78 is 15.3. The smallest absolute Gasteiger partial charge is 0.347 e. The molecule has 0 N–H and O–H groups in total. The van der Waals surface area contributed by atoms with E-state index in [1.807, 2.05) is 0 Å². The predicted octanol–water partition coefficient (Wildman–Crippen LogP) is 1.19. The van der Waals surface area contributed by atoms with Crippen LogP contribution in [0.5, 0.6) is 0 Å². The van der Waals surface area contributed by atoms with E-state index in [0.717, 1.165) is 25.7 Å². The molecule has 0 amide bonds. The minimum absolute atomic E-state index is 0.0666. The van der Waals surface area contributed by atoms with Crippen molar-refractivity contribution in [1.82, 2.24) is 0 Å². The molecule has 0 radical (unpaired) electrons. The lowest BCUT2D eigenvalue weighted by Crippen LogP contribution is -2.26. The molecule has 0 aromatic carbocycles. The lowest BCUT2D eigenvalue weighted by Gasteiger charge is -2.12. The number of esters is 2. The zero-order valence-corrected chi connectivity index (χ0v) is 10.0. The highest BCUT2D eigenvalue weighted by Crippen LogP contribution is 2.21. The monoisotopic (exact) mass is 242 g/mol. The van der Waals surface area contributed by atoms with Gasteiger partial charge in [-0.15, -0.1) is 0 Å². The van der Waals surface area contributed by atoms with Crippen LogP contribution in [0.1, 0.15) is 39.0 Å². The fourth-order valence-electron chi connectivity index (χ4n) is 2.25. The fraction of sp³-hybridized carbons (Fsp3) is 0.833. The van der Waals surface area contributed by atoms with Gasteiger partial charge < -0.3 is 14.2 Å². The first kappa shape index (κ1) is 12.4. The van der Waals surface area contributed by atoms with Crippen LogP contribution in [-0.4, -0.2) is 36.9 Å². The second-order valence-electron chi connectivity index (χ2n) is 4.68. The average Bonchev–Trinajstić information content (AvgIpc) is 2.87. The van der Waals surface area contributed by atoms with E-state index in [1.54, 1.807) is 6.92 Å². The van der Waals surface area contributed by atoms with Crippen LogP contribution in [0.15, 0.2) is 0 Å². The van der Waals surface area contributed by atoms with Gasteiger partial charge in [-0.1, -0.05) is 12.8 Å². The van der Waals surface area contributed by atoms with Crippen molar-refractivity contribution >= 4 is 11.9 Å². The number of rotatable bonds is 4. The quantitative estimate of drug-likeness (QED) is 0.693. The Morgan fingerprint density at radius 1 is 1.41 bits per heavy atom. The van der Waals surface area contributed by atoms with Gasteiger partial charge in [0.25, 0.3) is 0 Å². The van der Waals surface area contributed by atoms with Gasteiger partial charge >= 0.3 is 11.9 Å². The molecule has 5 heteroatoms. The summed E-state index contributed by atoms with van der Waals surface area (Å²) in [5, 5.41) is 0. The molecule has 17 heavy (non-hydrogen) atoms. The number of carbonyl (C=O) groups excluding carboxylic acids is 2. The molecule has 96 valence electrons. The standard InChI is InChI=1S/C12H18O5/c1-8-6-10(12(14)16-8)17-11(13)7-15-9-4-2-3-5-9/h8-10H,2-7H2,1H3/t8-,10+/m1/s1. The summed E-state index contributed by atoms with van der Waals surface area (Å²) >= 11 is 0. The van der Waals surface area contributed by atoms with Crippen LogP contribution in [0.3, 0.4) is 0 Å². The molecule has 1 aliphatic carbocycles. The molecule has 0 unspecified atom stereocenters. The van der Waals surface area contributed by atoms with Crippen LogP contribution in [0.4, 0.5) is 0 Å². The van der Waals surface area contributed by atoms with Crippen molar-refractivity contribution in [3.8, 4) is 0 Å². The van der Waals surface area contributed by atoms with E-state index < -0.39 is 18.0 Å². The Bertz CT molecular complexity index is 295. The average molecular weight is 242 g/mol. The zero-order valence-electron chi connectivity index (χ0n) is 10.0. The SMILES string of the molecule is C[C@@H]1C[C@H](OC(=O)COC2CCCC2)C(=O)O1. The second-order valence-corrected chi connectivity index (χ2v) is 4.68. The summed E-state index contributed by atoms with van der Waals surface area (Å²) in [6.45, 7) is 1.71. The van der Waals surface area contributed by atoms with Gasteiger partial charge in [-0.05, 0) is 19.8 Å². The van der Waals surface area contributed by atoms with Gasteiger partial charge in [-0.25, -0.2) is 9.59 Å². The molecule has 0 aromatic rings. The van der Waals surface area contributed by atoms with Gasteiger partial charge in [0.2, 0.25) is 6.10 Å². The van der Waals surface area contributed by atoms with E-state index >= 15 is 0 Å². The molecule has 0 spiro atoms. The van der Waals surface area contributed by atoms with Crippen molar-refractivity contribution < 1.29 is 23.8 Å². The molecule has 2 fully saturated rings. The Hall–Kier alpha value is -1.10. The Balaban J connectivity index is 1.68. The molecule has 0 aromatic heterocycles. The lowest BCUT2D eigenvalue weighted by molar-refractivity contribution is -0.165. The molecule has 1 heterocycles. The molecule has 2 aliphatic rings. The number of ether oxygens (including phenoxy) is 3. The number of hydrogen-bond donors (Lipinski definition) is 0. The normalized spacial score (nSPS) is 29.4. The van der Waals surface area contributed by atoms with Gasteiger partial charge in [0.05, 0.1) is 6.10 Å². The van der Waals surface area contributed by atoms with E-state index in [-0.39, 0.29) is 18.8 Å². The summed E-state index contributed by atoms with van der Waals surface area (Å²) in [4.78, 5) is 22.7. The maximum Gasteiger partial charge on any atom is 0.347 e. The summed E-state index contributed by atoms with van der Waals surface area (Å²) in [5.74, 6) is -0.931. The number of cyclic esters (lactones) is 1.